The van der Waals surface area contributed by atoms with E-state index in [1.165, 1.54) is 0 Å². The standard InChI is InChI=1S/C10H13ClN4/c1-2-3-8(11)6-9-10-14-13-7-15(10)5-4-12-9/h4-5,7-8H,2-3,6H2,1H3. The summed E-state index contributed by atoms with van der Waals surface area (Å²) in [6, 6.07) is 0. The molecule has 15 heavy (non-hydrogen) atoms. The molecule has 0 bridgehead atoms. The molecule has 0 aliphatic rings. The highest BCUT2D eigenvalue weighted by atomic mass is 35.5. The Hall–Kier alpha value is -1.16. The van der Waals surface area contributed by atoms with Crippen molar-refractivity contribution in [1.82, 2.24) is 19.6 Å². The van der Waals surface area contributed by atoms with Crippen LogP contribution in [0.15, 0.2) is 18.7 Å². The molecule has 4 nitrogen and oxygen atoms in total. The Kier molecular flexibility index (Phi) is 3.16. The number of nitrogens with zero attached hydrogens (tertiary/aromatic N) is 4. The van der Waals surface area contributed by atoms with Crippen LogP contribution >= 0.6 is 11.6 Å². The third-order valence-corrected chi connectivity index (χ3v) is 2.68. The highest BCUT2D eigenvalue weighted by Crippen LogP contribution is 2.14. The van der Waals surface area contributed by atoms with Gasteiger partial charge in [-0.05, 0) is 6.42 Å². The number of fused-ring (bicyclic) bond motifs is 1. The summed E-state index contributed by atoms with van der Waals surface area (Å²) in [6.45, 7) is 2.13. The first-order chi connectivity index (χ1) is 7.31. The van der Waals surface area contributed by atoms with Crippen LogP contribution in [0.3, 0.4) is 0 Å². The van der Waals surface area contributed by atoms with Crippen molar-refractivity contribution in [3.8, 4) is 0 Å². The first-order valence-electron chi connectivity index (χ1n) is 5.08. The summed E-state index contributed by atoms with van der Waals surface area (Å²) in [4.78, 5) is 4.29. The molecule has 0 amide bonds. The van der Waals surface area contributed by atoms with Gasteiger partial charge in [-0.2, -0.15) is 0 Å². The molecule has 0 radical (unpaired) electrons. The molecule has 5 heteroatoms. The zero-order chi connectivity index (χ0) is 10.7. The van der Waals surface area contributed by atoms with Crippen molar-refractivity contribution >= 4 is 17.2 Å². The maximum absolute atomic E-state index is 6.19. The number of hydrogen-bond acceptors (Lipinski definition) is 3. The minimum Gasteiger partial charge on any atom is -0.286 e. The molecule has 1 unspecified atom stereocenters. The number of alkyl halides is 1. The summed E-state index contributed by atoms with van der Waals surface area (Å²) in [5.41, 5.74) is 1.72. The van der Waals surface area contributed by atoms with E-state index in [0.717, 1.165) is 30.6 Å². The van der Waals surface area contributed by atoms with Crippen LogP contribution in [0.25, 0.3) is 5.65 Å². The topological polar surface area (TPSA) is 43.1 Å². The Morgan fingerprint density at radius 3 is 3.20 bits per heavy atom. The SMILES string of the molecule is CCCC(Cl)Cc1nccn2cnnc12. The van der Waals surface area contributed by atoms with E-state index in [4.69, 9.17) is 11.6 Å². The average Bonchev–Trinajstić information content (AvgIpc) is 2.67. The largest absolute Gasteiger partial charge is 0.286 e. The first-order valence-corrected chi connectivity index (χ1v) is 5.52. The molecule has 1 atom stereocenters. The summed E-state index contributed by atoms with van der Waals surface area (Å²) >= 11 is 6.19. The molecule has 0 aliphatic heterocycles. The molecule has 0 aromatic carbocycles. The Bertz CT molecular complexity index is 440. The van der Waals surface area contributed by atoms with E-state index >= 15 is 0 Å². The van der Waals surface area contributed by atoms with Crippen LogP contribution in [0.5, 0.6) is 0 Å². The highest BCUT2D eigenvalue weighted by Gasteiger charge is 2.10. The van der Waals surface area contributed by atoms with Crippen molar-refractivity contribution in [2.75, 3.05) is 0 Å². The predicted molar refractivity (Wildman–Crippen MR) is 59.0 cm³/mol. The minimum atomic E-state index is 0.130. The highest BCUT2D eigenvalue weighted by molar-refractivity contribution is 6.20. The molecule has 2 aromatic heterocycles. The van der Waals surface area contributed by atoms with E-state index in [0.29, 0.717) is 0 Å². The quantitative estimate of drug-likeness (QED) is 0.747. The van der Waals surface area contributed by atoms with Crippen LogP contribution < -0.4 is 0 Å². The molecule has 0 spiro atoms. The summed E-state index contributed by atoms with van der Waals surface area (Å²) in [7, 11) is 0. The van der Waals surface area contributed by atoms with Crippen molar-refractivity contribution in [2.45, 2.75) is 31.6 Å². The van der Waals surface area contributed by atoms with Gasteiger partial charge in [0.15, 0.2) is 5.65 Å². The molecule has 0 fully saturated rings. The lowest BCUT2D eigenvalue weighted by atomic mass is 10.1. The van der Waals surface area contributed by atoms with Crippen LogP contribution in [0, 0.1) is 0 Å². The molecule has 0 aliphatic carbocycles. The van der Waals surface area contributed by atoms with Gasteiger partial charge in [-0.15, -0.1) is 21.8 Å². The van der Waals surface area contributed by atoms with Crippen LogP contribution in [-0.2, 0) is 6.42 Å². The van der Waals surface area contributed by atoms with E-state index in [2.05, 4.69) is 22.1 Å². The summed E-state index contributed by atoms with van der Waals surface area (Å²) in [5.74, 6) is 0. The molecule has 2 rings (SSSR count). The molecule has 0 saturated carbocycles. The fourth-order valence-corrected chi connectivity index (χ4v) is 1.94. The van der Waals surface area contributed by atoms with Crippen molar-refractivity contribution < 1.29 is 0 Å². The van der Waals surface area contributed by atoms with Crippen molar-refractivity contribution in [3.63, 3.8) is 0 Å². The number of rotatable bonds is 4. The molecular weight excluding hydrogens is 212 g/mol. The van der Waals surface area contributed by atoms with Gasteiger partial charge in [0.1, 0.15) is 6.33 Å². The van der Waals surface area contributed by atoms with Gasteiger partial charge in [0, 0.05) is 24.2 Å². The van der Waals surface area contributed by atoms with Gasteiger partial charge in [-0.25, -0.2) is 0 Å². The van der Waals surface area contributed by atoms with Gasteiger partial charge >= 0.3 is 0 Å². The van der Waals surface area contributed by atoms with Gasteiger partial charge in [0.2, 0.25) is 0 Å². The summed E-state index contributed by atoms with van der Waals surface area (Å²) in [6.07, 6.45) is 8.09. The van der Waals surface area contributed by atoms with Crippen LogP contribution in [0.2, 0.25) is 0 Å². The summed E-state index contributed by atoms with van der Waals surface area (Å²) in [5, 5.41) is 8.00. The Labute approximate surface area is 93.3 Å². The summed E-state index contributed by atoms with van der Waals surface area (Å²) < 4.78 is 1.86. The second-order valence-electron chi connectivity index (χ2n) is 3.53. The van der Waals surface area contributed by atoms with Gasteiger partial charge in [-0.3, -0.25) is 9.38 Å². The second-order valence-corrected chi connectivity index (χ2v) is 4.14. The van der Waals surface area contributed by atoms with Crippen LogP contribution in [0.4, 0.5) is 0 Å². The number of halogens is 1. The Morgan fingerprint density at radius 2 is 2.40 bits per heavy atom. The number of aromatic nitrogens is 4. The molecule has 80 valence electrons. The van der Waals surface area contributed by atoms with Gasteiger partial charge < -0.3 is 0 Å². The first kappa shape index (κ1) is 10.4. The fraction of sp³-hybridized carbons (Fsp3) is 0.500. The van der Waals surface area contributed by atoms with E-state index in [-0.39, 0.29) is 5.38 Å². The lowest BCUT2D eigenvalue weighted by Gasteiger charge is -2.07. The van der Waals surface area contributed by atoms with E-state index < -0.39 is 0 Å². The van der Waals surface area contributed by atoms with E-state index in [1.54, 1.807) is 12.5 Å². The van der Waals surface area contributed by atoms with Crippen molar-refractivity contribution in [3.05, 3.63) is 24.4 Å². The maximum atomic E-state index is 6.19. The number of hydrogen-bond donors (Lipinski definition) is 0. The Balaban J connectivity index is 2.23. The van der Waals surface area contributed by atoms with E-state index in [1.807, 2.05) is 10.6 Å². The van der Waals surface area contributed by atoms with Gasteiger partial charge in [-0.1, -0.05) is 13.3 Å². The lowest BCUT2D eigenvalue weighted by Crippen LogP contribution is -2.06. The molecular formula is C10H13ClN4. The van der Waals surface area contributed by atoms with E-state index in [9.17, 15) is 0 Å². The normalized spacial score (nSPS) is 13.2. The van der Waals surface area contributed by atoms with Gasteiger partial charge in [0.05, 0.1) is 5.69 Å². The molecule has 2 heterocycles. The van der Waals surface area contributed by atoms with Crippen LogP contribution in [-0.4, -0.2) is 25.0 Å². The second kappa shape index (κ2) is 4.57. The molecule has 2 aromatic rings. The lowest BCUT2D eigenvalue weighted by molar-refractivity contribution is 0.715. The third kappa shape index (κ3) is 2.26. The van der Waals surface area contributed by atoms with Crippen molar-refractivity contribution in [2.24, 2.45) is 0 Å². The zero-order valence-electron chi connectivity index (χ0n) is 8.60. The maximum Gasteiger partial charge on any atom is 0.182 e. The minimum absolute atomic E-state index is 0.130. The molecule has 0 N–H and O–H groups in total. The smallest absolute Gasteiger partial charge is 0.182 e. The Morgan fingerprint density at radius 1 is 1.53 bits per heavy atom. The monoisotopic (exact) mass is 224 g/mol. The van der Waals surface area contributed by atoms with Crippen LogP contribution in [0.1, 0.15) is 25.5 Å². The third-order valence-electron chi connectivity index (χ3n) is 2.31. The molecule has 0 saturated heterocycles. The zero-order valence-corrected chi connectivity index (χ0v) is 9.35. The average molecular weight is 225 g/mol. The fourth-order valence-electron chi connectivity index (χ4n) is 1.58. The van der Waals surface area contributed by atoms with Gasteiger partial charge in [0.25, 0.3) is 0 Å². The van der Waals surface area contributed by atoms with Crippen molar-refractivity contribution in [1.29, 1.82) is 0 Å². The predicted octanol–water partition coefficient (Wildman–Crippen LogP) is 2.07.